The number of aryl methyl sites for hydroxylation is 1. The highest BCUT2D eigenvalue weighted by atomic mass is 16.6. The largest absolute Gasteiger partial charge is 0.456 e. The van der Waals surface area contributed by atoms with Gasteiger partial charge in [-0.15, -0.1) is 0 Å². The normalized spacial score (nSPS) is 17.0. The quantitative estimate of drug-likeness (QED) is 0.270. The minimum absolute atomic E-state index is 0.327. The van der Waals surface area contributed by atoms with Gasteiger partial charge in [0.25, 0.3) is 0 Å². The van der Waals surface area contributed by atoms with Gasteiger partial charge in [-0.1, -0.05) is 50.2 Å². The van der Waals surface area contributed by atoms with E-state index in [1.807, 2.05) is 78.9 Å². The highest BCUT2D eigenvalue weighted by Gasteiger charge is 2.53. The molecule has 0 bridgehead atoms. The van der Waals surface area contributed by atoms with Crippen LogP contribution >= 0.6 is 0 Å². The van der Waals surface area contributed by atoms with Crippen LogP contribution in [0, 0.1) is 12.8 Å². The van der Waals surface area contributed by atoms with Gasteiger partial charge in [0.1, 0.15) is 11.5 Å². The van der Waals surface area contributed by atoms with Crippen LogP contribution in [-0.4, -0.2) is 12.5 Å². The molecule has 0 saturated carbocycles. The number of esters is 1. The van der Waals surface area contributed by atoms with Gasteiger partial charge in [0, 0.05) is 46.4 Å². The molecule has 2 aliphatic heterocycles. The summed E-state index contributed by atoms with van der Waals surface area (Å²) in [5.41, 5.74) is 5.89. The monoisotopic (exact) mass is 490 g/mol. The van der Waals surface area contributed by atoms with Crippen molar-refractivity contribution in [1.82, 2.24) is 0 Å². The second-order valence-electron chi connectivity index (χ2n) is 10.2. The Morgan fingerprint density at radius 3 is 2.38 bits per heavy atom. The number of fused-ring (bicyclic) bond motifs is 6. The molecule has 2 aliphatic rings. The molecule has 1 atom stereocenters. The van der Waals surface area contributed by atoms with E-state index in [0.717, 1.165) is 52.3 Å². The molecule has 0 aliphatic carbocycles. The van der Waals surface area contributed by atoms with E-state index in [0.29, 0.717) is 23.0 Å². The predicted octanol–water partition coefficient (Wildman–Crippen LogP) is 7.76. The van der Waals surface area contributed by atoms with Gasteiger partial charge in [-0.2, -0.15) is 0 Å². The molecule has 0 saturated heterocycles. The molecule has 5 heteroatoms. The molecule has 0 radical (unpaired) electrons. The second kappa shape index (κ2) is 9.00. The fourth-order valence-corrected chi connectivity index (χ4v) is 5.25. The van der Waals surface area contributed by atoms with Gasteiger partial charge in [0.05, 0.1) is 5.56 Å². The molecule has 1 spiro atoms. The Balaban J connectivity index is 1.50. The molecule has 4 aromatic carbocycles. The van der Waals surface area contributed by atoms with Crippen LogP contribution in [0.1, 0.15) is 52.9 Å². The molecule has 1 unspecified atom stereocenters. The Morgan fingerprint density at radius 2 is 1.57 bits per heavy atom. The van der Waals surface area contributed by atoms with E-state index < -0.39 is 5.60 Å². The number of carbonyl (C=O) groups is 1. The number of rotatable bonds is 6. The minimum atomic E-state index is -1.09. The zero-order valence-electron chi connectivity index (χ0n) is 21.3. The number of ether oxygens (including phenoxy) is 2. The fraction of sp³-hybridized carbons (Fsp3) is 0.219. The molecule has 6 rings (SSSR count). The lowest BCUT2D eigenvalue weighted by molar-refractivity contribution is 0.0224. The third kappa shape index (κ3) is 3.91. The van der Waals surface area contributed by atoms with E-state index in [1.54, 1.807) is 0 Å². The molecule has 5 nitrogen and oxygen atoms in total. The molecule has 37 heavy (non-hydrogen) atoms. The SMILES string of the molecule is Cc1cc2c(cc1Nc1ccccc1)C1(OC(=O)c3ccccc31)c1ccc(NCCC(C)C)cc1O2. The molecule has 2 N–H and O–H groups in total. The summed E-state index contributed by atoms with van der Waals surface area (Å²) in [5.74, 6) is 1.67. The molecule has 0 amide bonds. The Labute approximate surface area is 217 Å². The van der Waals surface area contributed by atoms with Gasteiger partial charge in [-0.05, 0) is 67.3 Å². The van der Waals surface area contributed by atoms with Crippen LogP contribution in [0.3, 0.4) is 0 Å². The average Bonchev–Trinajstić information content (AvgIpc) is 3.18. The predicted molar refractivity (Wildman–Crippen MR) is 147 cm³/mol. The van der Waals surface area contributed by atoms with Crippen molar-refractivity contribution in [2.45, 2.75) is 32.8 Å². The van der Waals surface area contributed by atoms with Crippen LogP contribution in [0.15, 0.2) is 84.9 Å². The van der Waals surface area contributed by atoms with Gasteiger partial charge >= 0.3 is 5.97 Å². The Morgan fingerprint density at radius 1 is 0.811 bits per heavy atom. The summed E-state index contributed by atoms with van der Waals surface area (Å²) in [6, 6.07) is 27.9. The summed E-state index contributed by atoms with van der Waals surface area (Å²) < 4.78 is 12.9. The number of hydrogen-bond acceptors (Lipinski definition) is 5. The topological polar surface area (TPSA) is 59.6 Å². The second-order valence-corrected chi connectivity index (χ2v) is 10.2. The van der Waals surface area contributed by atoms with Crippen LogP contribution in [-0.2, 0) is 10.3 Å². The van der Waals surface area contributed by atoms with Gasteiger partial charge in [0.2, 0.25) is 0 Å². The maximum atomic E-state index is 13.2. The highest BCUT2D eigenvalue weighted by Crippen LogP contribution is 2.57. The number of carbonyl (C=O) groups excluding carboxylic acids is 1. The van der Waals surface area contributed by atoms with Crippen LogP contribution in [0.25, 0.3) is 0 Å². The van der Waals surface area contributed by atoms with Gasteiger partial charge in [0.15, 0.2) is 5.60 Å². The molecule has 0 fully saturated rings. The van der Waals surface area contributed by atoms with E-state index in [4.69, 9.17) is 9.47 Å². The molecule has 4 aromatic rings. The Kier molecular flexibility index (Phi) is 5.64. The summed E-state index contributed by atoms with van der Waals surface area (Å²) >= 11 is 0. The first-order valence-electron chi connectivity index (χ1n) is 12.8. The molecule has 0 aromatic heterocycles. The number of anilines is 3. The van der Waals surface area contributed by atoms with Crippen molar-refractivity contribution < 1.29 is 14.3 Å². The lowest BCUT2D eigenvalue weighted by Gasteiger charge is -2.37. The molecule has 186 valence electrons. The van der Waals surface area contributed by atoms with Crippen molar-refractivity contribution in [1.29, 1.82) is 0 Å². The minimum Gasteiger partial charge on any atom is -0.456 e. The third-order valence-corrected chi connectivity index (χ3v) is 7.16. The summed E-state index contributed by atoms with van der Waals surface area (Å²) in [6.07, 6.45) is 1.08. The number of hydrogen-bond donors (Lipinski definition) is 2. The zero-order valence-corrected chi connectivity index (χ0v) is 21.3. The maximum absolute atomic E-state index is 13.2. The Bertz CT molecular complexity index is 1500. The van der Waals surface area contributed by atoms with E-state index in [1.165, 1.54) is 0 Å². The van der Waals surface area contributed by atoms with Crippen LogP contribution in [0.2, 0.25) is 0 Å². The summed E-state index contributed by atoms with van der Waals surface area (Å²) in [6.45, 7) is 7.36. The summed E-state index contributed by atoms with van der Waals surface area (Å²) in [7, 11) is 0. The van der Waals surface area contributed by atoms with Gasteiger partial charge < -0.3 is 20.1 Å². The maximum Gasteiger partial charge on any atom is 0.340 e. The van der Waals surface area contributed by atoms with Crippen molar-refractivity contribution in [2.75, 3.05) is 17.2 Å². The van der Waals surface area contributed by atoms with E-state index in [2.05, 4.69) is 37.5 Å². The van der Waals surface area contributed by atoms with E-state index >= 15 is 0 Å². The first-order valence-corrected chi connectivity index (χ1v) is 12.8. The first kappa shape index (κ1) is 23.2. The van der Waals surface area contributed by atoms with E-state index in [9.17, 15) is 4.79 Å². The first-order chi connectivity index (χ1) is 18.0. The zero-order chi connectivity index (χ0) is 25.6. The average molecular weight is 491 g/mol. The summed E-state index contributed by atoms with van der Waals surface area (Å²) in [5, 5.41) is 7.03. The lowest BCUT2D eigenvalue weighted by atomic mass is 9.77. The van der Waals surface area contributed by atoms with Crippen LogP contribution in [0.4, 0.5) is 17.1 Å². The van der Waals surface area contributed by atoms with Crippen molar-refractivity contribution in [3.05, 3.63) is 113 Å². The molecule has 2 heterocycles. The molecular weight excluding hydrogens is 460 g/mol. The van der Waals surface area contributed by atoms with Crippen molar-refractivity contribution in [2.24, 2.45) is 5.92 Å². The summed E-state index contributed by atoms with van der Waals surface area (Å²) in [4.78, 5) is 13.2. The highest BCUT2D eigenvalue weighted by molar-refractivity contribution is 5.97. The molecular formula is C32H30N2O3. The van der Waals surface area contributed by atoms with E-state index in [-0.39, 0.29) is 5.97 Å². The van der Waals surface area contributed by atoms with Gasteiger partial charge in [-0.3, -0.25) is 0 Å². The smallest absolute Gasteiger partial charge is 0.340 e. The number of benzene rings is 4. The van der Waals surface area contributed by atoms with Crippen molar-refractivity contribution >= 4 is 23.0 Å². The van der Waals surface area contributed by atoms with Gasteiger partial charge in [-0.25, -0.2) is 4.79 Å². The van der Waals surface area contributed by atoms with Crippen LogP contribution in [0.5, 0.6) is 11.5 Å². The standard InChI is InChI=1S/C32H30N2O3/c1-20(2)15-16-33-23-13-14-26-30(18-23)36-29-17-21(3)28(34-22-9-5-4-6-10-22)19-27(29)32(26)25-12-8-7-11-24(25)31(35)37-32/h4-14,17-20,33-34H,15-16H2,1-3H3. The Hall–Kier alpha value is -4.25. The van der Waals surface area contributed by atoms with Crippen molar-refractivity contribution in [3.8, 4) is 11.5 Å². The number of para-hydroxylation sites is 1. The fourth-order valence-electron chi connectivity index (χ4n) is 5.25. The van der Waals surface area contributed by atoms with Crippen LogP contribution < -0.4 is 15.4 Å². The third-order valence-electron chi connectivity index (χ3n) is 7.16. The van der Waals surface area contributed by atoms with Crippen molar-refractivity contribution in [3.63, 3.8) is 0 Å². The number of nitrogens with one attached hydrogen (secondary N) is 2. The lowest BCUT2D eigenvalue weighted by Crippen LogP contribution is -2.33.